The molecule has 1 amide bonds. The van der Waals surface area contributed by atoms with E-state index in [0.29, 0.717) is 29.5 Å². The fourth-order valence-electron chi connectivity index (χ4n) is 2.75. The van der Waals surface area contributed by atoms with Crippen molar-refractivity contribution in [1.29, 1.82) is 0 Å². The van der Waals surface area contributed by atoms with Crippen LogP contribution in [0.25, 0.3) is 0 Å². The molecule has 2 heterocycles. The lowest BCUT2D eigenvalue weighted by molar-refractivity contribution is -0.144. The van der Waals surface area contributed by atoms with E-state index in [1.165, 1.54) is 16.2 Å². The first kappa shape index (κ1) is 15.0. The van der Waals surface area contributed by atoms with Gasteiger partial charge in [-0.2, -0.15) is 0 Å². The minimum atomic E-state index is -0.907. The van der Waals surface area contributed by atoms with E-state index in [0.717, 1.165) is 17.8 Å². The zero-order valence-electron chi connectivity index (χ0n) is 12.0. The number of piperidine rings is 1. The molecule has 5 nitrogen and oxygen atoms in total. The Morgan fingerprint density at radius 1 is 1.45 bits per heavy atom. The number of carbonyl (C=O) groups excluding carboxylic acids is 1. The lowest BCUT2D eigenvalue weighted by Gasteiger charge is -2.36. The van der Waals surface area contributed by atoms with Gasteiger partial charge in [-0.05, 0) is 32.6 Å². The Kier molecular flexibility index (Phi) is 4.42. The molecule has 1 N–H and O–H groups in total. The number of nitrogens with zero attached hydrogens (tertiary/aromatic N) is 2. The minimum absolute atomic E-state index is 0.185. The quantitative estimate of drug-likeness (QED) is 0.930. The predicted octanol–water partition coefficient (Wildman–Crippen LogP) is 2.48. The summed E-state index contributed by atoms with van der Waals surface area (Å²) in [5.41, 5.74) is 0.694. The first-order chi connectivity index (χ1) is 9.43. The summed E-state index contributed by atoms with van der Waals surface area (Å²) in [7, 11) is 0. The van der Waals surface area contributed by atoms with Gasteiger partial charge in [-0.1, -0.05) is 13.3 Å². The van der Waals surface area contributed by atoms with E-state index in [-0.39, 0.29) is 5.91 Å². The summed E-state index contributed by atoms with van der Waals surface area (Å²) < 4.78 is 0. The van der Waals surface area contributed by atoms with Crippen LogP contribution < -0.4 is 0 Å². The van der Waals surface area contributed by atoms with Crippen LogP contribution in [0.5, 0.6) is 0 Å². The van der Waals surface area contributed by atoms with Crippen molar-refractivity contribution in [3.05, 3.63) is 15.6 Å². The maximum absolute atomic E-state index is 12.6. The van der Waals surface area contributed by atoms with Crippen molar-refractivity contribution in [2.75, 3.05) is 6.54 Å². The Morgan fingerprint density at radius 3 is 2.65 bits per heavy atom. The van der Waals surface area contributed by atoms with E-state index >= 15 is 0 Å². The highest BCUT2D eigenvalue weighted by Crippen LogP contribution is 2.29. The molecule has 0 radical (unpaired) electrons. The average molecular weight is 296 g/mol. The number of hydrogen-bond acceptors (Lipinski definition) is 4. The predicted molar refractivity (Wildman–Crippen MR) is 77.1 cm³/mol. The molecular weight excluding hydrogens is 276 g/mol. The third-order valence-corrected chi connectivity index (χ3v) is 4.99. The van der Waals surface area contributed by atoms with Gasteiger partial charge in [0.1, 0.15) is 10.9 Å². The molecule has 2 unspecified atom stereocenters. The van der Waals surface area contributed by atoms with Gasteiger partial charge in [0, 0.05) is 6.54 Å². The van der Waals surface area contributed by atoms with Crippen LogP contribution >= 0.6 is 11.3 Å². The molecular formula is C14H20N2O3S. The maximum Gasteiger partial charge on any atom is 0.326 e. The first-order valence-electron chi connectivity index (χ1n) is 6.91. The van der Waals surface area contributed by atoms with Crippen molar-refractivity contribution in [1.82, 2.24) is 9.88 Å². The smallest absolute Gasteiger partial charge is 0.326 e. The van der Waals surface area contributed by atoms with Crippen LogP contribution in [0.15, 0.2) is 0 Å². The summed E-state index contributed by atoms with van der Waals surface area (Å²) in [6.07, 6.45) is 2.39. The Morgan fingerprint density at radius 2 is 2.15 bits per heavy atom. The Labute approximate surface area is 122 Å². The second-order valence-corrected chi connectivity index (χ2v) is 6.50. The lowest BCUT2D eigenvalue weighted by Crippen LogP contribution is -2.50. The van der Waals surface area contributed by atoms with Gasteiger partial charge in [0.25, 0.3) is 5.91 Å². The molecule has 2 atom stereocenters. The van der Waals surface area contributed by atoms with Crippen LogP contribution in [-0.4, -0.2) is 39.5 Å². The molecule has 2 rings (SSSR count). The van der Waals surface area contributed by atoms with E-state index < -0.39 is 12.0 Å². The van der Waals surface area contributed by atoms with Gasteiger partial charge in [-0.25, -0.2) is 9.78 Å². The topological polar surface area (TPSA) is 70.5 Å². The number of carboxylic acid groups (broad SMARTS) is 1. The molecule has 0 saturated carbocycles. The third kappa shape index (κ3) is 2.85. The summed E-state index contributed by atoms with van der Waals surface area (Å²) in [6.45, 7) is 6.24. The van der Waals surface area contributed by atoms with Crippen molar-refractivity contribution in [3.63, 3.8) is 0 Å². The van der Waals surface area contributed by atoms with Crippen molar-refractivity contribution < 1.29 is 14.7 Å². The van der Waals surface area contributed by atoms with Crippen molar-refractivity contribution in [2.24, 2.45) is 5.92 Å². The van der Waals surface area contributed by atoms with Crippen molar-refractivity contribution in [3.8, 4) is 0 Å². The molecule has 1 aliphatic rings. The molecule has 1 fully saturated rings. The summed E-state index contributed by atoms with van der Waals surface area (Å²) in [4.78, 5) is 30.4. The number of likely N-dealkylation sites (tertiary alicyclic amines) is 1. The zero-order valence-corrected chi connectivity index (χ0v) is 12.9. The number of hydrogen-bond donors (Lipinski definition) is 1. The molecule has 1 saturated heterocycles. The van der Waals surface area contributed by atoms with E-state index in [4.69, 9.17) is 0 Å². The van der Waals surface area contributed by atoms with Gasteiger partial charge in [-0.15, -0.1) is 11.3 Å². The van der Waals surface area contributed by atoms with Gasteiger partial charge in [0.05, 0.1) is 10.7 Å². The van der Waals surface area contributed by atoms with Crippen LogP contribution in [0, 0.1) is 19.8 Å². The van der Waals surface area contributed by atoms with Crippen LogP contribution in [0.2, 0.25) is 0 Å². The van der Waals surface area contributed by atoms with Gasteiger partial charge in [0.2, 0.25) is 0 Å². The molecule has 20 heavy (non-hydrogen) atoms. The number of rotatable bonds is 3. The molecule has 1 aromatic heterocycles. The van der Waals surface area contributed by atoms with Gasteiger partial charge in [-0.3, -0.25) is 4.79 Å². The fourth-order valence-corrected chi connectivity index (χ4v) is 3.62. The average Bonchev–Trinajstić information content (AvgIpc) is 2.76. The second-order valence-electron chi connectivity index (χ2n) is 5.30. The molecule has 110 valence electrons. The van der Waals surface area contributed by atoms with Crippen LogP contribution in [-0.2, 0) is 4.79 Å². The maximum atomic E-state index is 12.6. The van der Waals surface area contributed by atoms with Crippen LogP contribution in [0.3, 0.4) is 0 Å². The number of aliphatic carboxylic acids is 1. The Bertz CT molecular complexity index is 526. The second kappa shape index (κ2) is 5.91. The molecule has 1 aliphatic heterocycles. The first-order valence-corrected chi connectivity index (χ1v) is 7.73. The number of carbonyl (C=O) groups is 2. The van der Waals surface area contributed by atoms with Crippen molar-refractivity contribution in [2.45, 2.75) is 46.1 Å². The number of aryl methyl sites for hydroxylation is 2. The zero-order chi connectivity index (χ0) is 14.9. The molecule has 0 spiro atoms. The monoisotopic (exact) mass is 296 g/mol. The Balaban J connectivity index is 2.23. The van der Waals surface area contributed by atoms with Crippen LogP contribution in [0.1, 0.15) is 46.6 Å². The molecule has 0 aliphatic carbocycles. The van der Waals surface area contributed by atoms with E-state index in [2.05, 4.69) is 11.9 Å². The molecule has 0 bridgehead atoms. The van der Waals surface area contributed by atoms with E-state index in [1.807, 2.05) is 6.92 Å². The summed E-state index contributed by atoms with van der Waals surface area (Å²) in [5.74, 6) is -0.699. The SMILES string of the molecule is CCC1CCN(C(=O)c2sc(C)nc2C)C(C(=O)O)C1. The highest BCUT2D eigenvalue weighted by Gasteiger charge is 2.37. The van der Waals surface area contributed by atoms with Gasteiger partial charge in [0.15, 0.2) is 0 Å². The normalized spacial score (nSPS) is 22.9. The molecule has 1 aromatic rings. The third-order valence-electron chi connectivity index (χ3n) is 3.93. The van der Waals surface area contributed by atoms with Gasteiger partial charge >= 0.3 is 5.97 Å². The standard InChI is InChI=1S/C14H20N2O3S/c1-4-10-5-6-16(11(7-10)14(18)19)13(17)12-8(2)15-9(3)20-12/h10-11H,4-7H2,1-3H3,(H,18,19). The molecule has 0 aromatic carbocycles. The number of thiazole rings is 1. The van der Waals surface area contributed by atoms with Crippen LogP contribution in [0.4, 0.5) is 0 Å². The summed E-state index contributed by atoms with van der Waals surface area (Å²) in [5, 5.41) is 10.2. The highest BCUT2D eigenvalue weighted by molar-refractivity contribution is 7.13. The van der Waals surface area contributed by atoms with E-state index in [9.17, 15) is 14.7 Å². The minimum Gasteiger partial charge on any atom is -0.480 e. The number of amides is 1. The Hall–Kier alpha value is -1.43. The summed E-state index contributed by atoms with van der Waals surface area (Å²) in [6, 6.07) is -0.706. The van der Waals surface area contributed by atoms with Gasteiger partial charge < -0.3 is 10.0 Å². The number of aromatic nitrogens is 1. The lowest BCUT2D eigenvalue weighted by atomic mass is 9.88. The fraction of sp³-hybridized carbons (Fsp3) is 0.643. The molecule has 6 heteroatoms. The highest BCUT2D eigenvalue weighted by atomic mass is 32.1. The van der Waals surface area contributed by atoms with Crippen molar-refractivity contribution >= 4 is 23.2 Å². The van der Waals surface area contributed by atoms with E-state index in [1.54, 1.807) is 6.92 Å². The summed E-state index contributed by atoms with van der Waals surface area (Å²) >= 11 is 1.34. The number of carboxylic acids is 1. The largest absolute Gasteiger partial charge is 0.480 e.